The minimum atomic E-state index is -0.145. The van der Waals surface area contributed by atoms with Crippen LogP contribution in [-0.2, 0) is 6.54 Å². The smallest absolute Gasteiger partial charge is 0.273 e. The summed E-state index contributed by atoms with van der Waals surface area (Å²) >= 11 is 0. The summed E-state index contributed by atoms with van der Waals surface area (Å²) in [5, 5.41) is 3.33. The van der Waals surface area contributed by atoms with Gasteiger partial charge in [0.25, 0.3) is 5.91 Å². The van der Waals surface area contributed by atoms with Crippen LogP contribution < -0.4 is 5.32 Å². The van der Waals surface area contributed by atoms with Crippen LogP contribution in [-0.4, -0.2) is 48.8 Å². The molecule has 0 saturated carbocycles. The van der Waals surface area contributed by atoms with Gasteiger partial charge in [0, 0.05) is 38.9 Å². The van der Waals surface area contributed by atoms with Crippen molar-refractivity contribution in [1.29, 1.82) is 0 Å². The highest BCUT2D eigenvalue weighted by Gasteiger charge is 2.16. The lowest BCUT2D eigenvalue weighted by Gasteiger charge is -2.06. The molecule has 0 aromatic carbocycles. The highest BCUT2D eigenvalue weighted by Crippen LogP contribution is 2.18. The first-order valence-electron chi connectivity index (χ1n) is 8.49. The Labute approximate surface area is 156 Å². The van der Waals surface area contributed by atoms with Crippen LogP contribution in [0.3, 0.4) is 0 Å². The molecule has 8 nitrogen and oxygen atoms in total. The first kappa shape index (κ1) is 16.8. The fourth-order valence-electron chi connectivity index (χ4n) is 2.82. The summed E-state index contributed by atoms with van der Waals surface area (Å²) < 4.78 is 3.74. The Morgan fingerprint density at radius 2 is 2.11 bits per heavy atom. The molecule has 0 saturated heterocycles. The average Bonchev–Trinajstić information content (AvgIpc) is 3.31. The molecule has 4 aromatic heterocycles. The Morgan fingerprint density at radius 1 is 1.22 bits per heavy atom. The van der Waals surface area contributed by atoms with Crippen LogP contribution in [0, 0.1) is 0 Å². The molecule has 0 aliphatic carbocycles. The number of carbonyl (C=O) groups is 1. The number of carbonyl (C=O) groups excluding carboxylic acids is 1. The van der Waals surface area contributed by atoms with Crippen molar-refractivity contribution < 1.29 is 4.79 Å². The zero-order valence-electron chi connectivity index (χ0n) is 15.1. The van der Waals surface area contributed by atoms with Crippen molar-refractivity contribution in [2.24, 2.45) is 0 Å². The van der Waals surface area contributed by atoms with E-state index >= 15 is 0 Å². The second kappa shape index (κ2) is 6.91. The molecule has 0 fully saturated rings. The zero-order valence-corrected chi connectivity index (χ0v) is 15.1. The Balaban J connectivity index is 1.69. The van der Waals surface area contributed by atoms with E-state index in [2.05, 4.69) is 15.3 Å². The zero-order chi connectivity index (χ0) is 18.8. The number of anilines is 1. The summed E-state index contributed by atoms with van der Waals surface area (Å²) in [6.45, 7) is 0.553. The van der Waals surface area contributed by atoms with Gasteiger partial charge in [0.05, 0.1) is 23.4 Å². The monoisotopic (exact) mass is 361 g/mol. The number of hydrogen-bond acceptors (Lipinski definition) is 5. The second-order valence-electron chi connectivity index (χ2n) is 6.28. The molecule has 0 aliphatic rings. The Kier molecular flexibility index (Phi) is 4.29. The third-order valence-corrected chi connectivity index (χ3v) is 4.17. The van der Waals surface area contributed by atoms with E-state index < -0.39 is 0 Å². The maximum absolute atomic E-state index is 12.1. The van der Waals surface area contributed by atoms with Gasteiger partial charge in [-0.15, -0.1) is 0 Å². The number of fused-ring (bicyclic) bond motifs is 1. The molecule has 4 rings (SSSR count). The standard InChI is InChI=1S/C19H19N7O/c1-24(2)18(27)16-12-25(13-22-16)19-23-15(17-7-3-4-9-26(17)19)11-21-14-6-5-8-20-10-14/h3-10,12-13,21H,11H2,1-2H3. The summed E-state index contributed by atoms with van der Waals surface area (Å²) in [6, 6.07) is 9.77. The van der Waals surface area contributed by atoms with Gasteiger partial charge in [-0.2, -0.15) is 0 Å². The molecule has 4 heterocycles. The number of amides is 1. The van der Waals surface area contributed by atoms with Crippen LogP contribution >= 0.6 is 0 Å². The third-order valence-electron chi connectivity index (χ3n) is 4.17. The lowest BCUT2D eigenvalue weighted by molar-refractivity contribution is 0.0822. The van der Waals surface area contributed by atoms with Crippen LogP contribution in [0.4, 0.5) is 5.69 Å². The van der Waals surface area contributed by atoms with Crippen molar-refractivity contribution in [2.45, 2.75) is 6.54 Å². The molecule has 0 unspecified atom stereocenters. The molecule has 0 aliphatic heterocycles. The van der Waals surface area contributed by atoms with Crippen molar-refractivity contribution >= 4 is 17.1 Å². The van der Waals surface area contributed by atoms with Crippen molar-refractivity contribution in [2.75, 3.05) is 19.4 Å². The lowest BCUT2D eigenvalue weighted by atomic mass is 10.3. The Bertz CT molecular complexity index is 1080. The van der Waals surface area contributed by atoms with Crippen molar-refractivity contribution in [3.8, 4) is 5.95 Å². The Morgan fingerprint density at radius 3 is 2.89 bits per heavy atom. The number of pyridine rings is 2. The van der Waals surface area contributed by atoms with E-state index in [1.54, 1.807) is 43.6 Å². The molecule has 27 heavy (non-hydrogen) atoms. The third kappa shape index (κ3) is 3.24. The normalized spacial score (nSPS) is 10.9. The van der Waals surface area contributed by atoms with E-state index in [9.17, 15) is 4.79 Å². The molecular formula is C19H19N7O. The molecule has 0 bridgehead atoms. The summed E-state index contributed by atoms with van der Waals surface area (Å²) in [7, 11) is 3.41. The number of nitrogens with zero attached hydrogens (tertiary/aromatic N) is 6. The number of nitrogens with one attached hydrogen (secondary N) is 1. The van der Waals surface area contributed by atoms with Gasteiger partial charge >= 0.3 is 0 Å². The van der Waals surface area contributed by atoms with E-state index in [0.717, 1.165) is 16.9 Å². The van der Waals surface area contributed by atoms with Crippen LogP contribution in [0.1, 0.15) is 16.2 Å². The minimum Gasteiger partial charge on any atom is -0.378 e. The number of aromatic nitrogens is 5. The van der Waals surface area contributed by atoms with Gasteiger partial charge < -0.3 is 10.2 Å². The van der Waals surface area contributed by atoms with Gasteiger partial charge in [0.1, 0.15) is 12.0 Å². The van der Waals surface area contributed by atoms with E-state index in [4.69, 9.17) is 4.98 Å². The first-order valence-corrected chi connectivity index (χ1v) is 8.49. The highest BCUT2D eigenvalue weighted by atomic mass is 16.2. The summed E-state index contributed by atoms with van der Waals surface area (Å²) in [4.78, 5) is 26.7. The van der Waals surface area contributed by atoms with Crippen LogP contribution in [0.15, 0.2) is 61.4 Å². The highest BCUT2D eigenvalue weighted by molar-refractivity contribution is 5.91. The van der Waals surface area contributed by atoms with Crippen LogP contribution in [0.2, 0.25) is 0 Å². The molecule has 1 N–H and O–H groups in total. The fourth-order valence-corrected chi connectivity index (χ4v) is 2.82. The number of imidazole rings is 2. The first-order chi connectivity index (χ1) is 13.1. The molecular weight excluding hydrogens is 342 g/mol. The van der Waals surface area contributed by atoms with Gasteiger partial charge in [-0.3, -0.25) is 18.7 Å². The maximum atomic E-state index is 12.1. The van der Waals surface area contributed by atoms with Gasteiger partial charge in [-0.25, -0.2) is 9.97 Å². The molecule has 0 atom stereocenters. The molecule has 136 valence electrons. The minimum absolute atomic E-state index is 0.145. The van der Waals surface area contributed by atoms with Crippen molar-refractivity contribution in [3.05, 3.63) is 72.8 Å². The average molecular weight is 361 g/mol. The van der Waals surface area contributed by atoms with Gasteiger partial charge in [-0.05, 0) is 24.3 Å². The van der Waals surface area contributed by atoms with Crippen LogP contribution in [0.5, 0.6) is 0 Å². The van der Waals surface area contributed by atoms with E-state index in [0.29, 0.717) is 18.2 Å². The number of rotatable bonds is 5. The SMILES string of the molecule is CN(C)C(=O)c1cn(-c2nc(CNc3cccnc3)c3ccccn23)cn1. The Hall–Kier alpha value is -3.68. The number of hydrogen-bond donors (Lipinski definition) is 1. The molecule has 8 heteroatoms. The topological polar surface area (TPSA) is 80.4 Å². The quantitative estimate of drug-likeness (QED) is 0.590. The van der Waals surface area contributed by atoms with E-state index in [-0.39, 0.29) is 5.91 Å². The molecule has 4 aromatic rings. The summed E-state index contributed by atoms with van der Waals surface area (Å²) in [6.07, 6.45) is 8.76. The van der Waals surface area contributed by atoms with Gasteiger partial charge in [0.15, 0.2) is 0 Å². The summed E-state index contributed by atoms with van der Waals surface area (Å²) in [5.74, 6) is 0.534. The molecule has 1 amide bonds. The lowest BCUT2D eigenvalue weighted by Crippen LogP contribution is -2.21. The largest absolute Gasteiger partial charge is 0.378 e. The van der Waals surface area contributed by atoms with Gasteiger partial charge in [0.2, 0.25) is 5.95 Å². The van der Waals surface area contributed by atoms with Crippen LogP contribution in [0.25, 0.3) is 11.5 Å². The summed E-state index contributed by atoms with van der Waals surface area (Å²) in [5.41, 5.74) is 3.18. The predicted molar refractivity (Wildman–Crippen MR) is 102 cm³/mol. The molecule has 0 spiro atoms. The fraction of sp³-hybridized carbons (Fsp3) is 0.158. The maximum Gasteiger partial charge on any atom is 0.273 e. The molecule has 0 radical (unpaired) electrons. The van der Waals surface area contributed by atoms with Gasteiger partial charge in [-0.1, -0.05) is 6.07 Å². The second-order valence-corrected chi connectivity index (χ2v) is 6.28. The van der Waals surface area contributed by atoms with Crippen molar-refractivity contribution in [1.82, 2.24) is 28.8 Å². The van der Waals surface area contributed by atoms with E-state index in [1.807, 2.05) is 40.9 Å². The predicted octanol–water partition coefficient (Wildman–Crippen LogP) is 2.23. The van der Waals surface area contributed by atoms with E-state index in [1.165, 1.54) is 4.90 Å². The van der Waals surface area contributed by atoms with Crippen molar-refractivity contribution in [3.63, 3.8) is 0 Å².